The number of likely N-dealkylation sites (N-methyl/N-ethyl adjacent to an activating group) is 1. The van der Waals surface area contributed by atoms with Gasteiger partial charge in [0.15, 0.2) is 0 Å². The predicted molar refractivity (Wildman–Crippen MR) is 53.4 cm³/mol. The number of likely N-dealkylation sites (tertiary alicyclic amines) is 1. The highest BCUT2D eigenvalue weighted by atomic mass is 15.2. The van der Waals surface area contributed by atoms with Crippen LogP contribution in [0.2, 0.25) is 0 Å². The van der Waals surface area contributed by atoms with Gasteiger partial charge in [0.25, 0.3) is 0 Å². The molecule has 0 bridgehead atoms. The normalized spacial score (nSPS) is 25.5. The summed E-state index contributed by atoms with van der Waals surface area (Å²) in [6.45, 7) is 9.53. The lowest BCUT2D eigenvalue weighted by Gasteiger charge is -2.23. The zero-order valence-electron chi connectivity index (χ0n) is 8.71. The summed E-state index contributed by atoms with van der Waals surface area (Å²) >= 11 is 0. The molecule has 1 heterocycles. The van der Waals surface area contributed by atoms with Gasteiger partial charge in [-0.25, -0.2) is 0 Å². The molecule has 0 aliphatic carbocycles. The molecule has 1 aliphatic rings. The summed E-state index contributed by atoms with van der Waals surface area (Å²) in [4.78, 5) is 4.98. The van der Waals surface area contributed by atoms with Gasteiger partial charge in [-0.2, -0.15) is 0 Å². The summed E-state index contributed by atoms with van der Waals surface area (Å²) in [6, 6.07) is 0.829. The van der Waals surface area contributed by atoms with Crippen molar-refractivity contribution in [1.82, 2.24) is 9.80 Å². The van der Waals surface area contributed by atoms with Crippen molar-refractivity contribution < 1.29 is 0 Å². The first-order valence-corrected chi connectivity index (χ1v) is 5.16. The van der Waals surface area contributed by atoms with Crippen LogP contribution in [0.25, 0.3) is 0 Å². The quantitative estimate of drug-likeness (QED) is 0.629. The van der Waals surface area contributed by atoms with Gasteiger partial charge in [-0.3, -0.25) is 4.90 Å². The Balaban J connectivity index is 2.13. The summed E-state index contributed by atoms with van der Waals surface area (Å²) in [5.41, 5.74) is 0. The first-order valence-electron chi connectivity index (χ1n) is 5.16. The van der Waals surface area contributed by atoms with Crippen molar-refractivity contribution in [3.63, 3.8) is 0 Å². The number of hydrogen-bond donors (Lipinski definition) is 0. The van der Waals surface area contributed by atoms with Crippen LogP contribution in [0.3, 0.4) is 0 Å². The highest BCUT2D eigenvalue weighted by molar-refractivity contribution is 4.75. The van der Waals surface area contributed by atoms with E-state index in [2.05, 4.69) is 30.7 Å². The van der Waals surface area contributed by atoms with Crippen LogP contribution in [-0.4, -0.2) is 49.1 Å². The molecule has 1 rings (SSSR count). The molecule has 1 aliphatic heterocycles. The lowest BCUT2D eigenvalue weighted by Crippen LogP contribution is -2.35. The third-order valence-corrected chi connectivity index (χ3v) is 3.00. The predicted octanol–water partition coefficient (Wildman–Crippen LogP) is 1.42. The van der Waals surface area contributed by atoms with Crippen molar-refractivity contribution in [1.29, 1.82) is 0 Å². The topological polar surface area (TPSA) is 6.48 Å². The molecule has 72 valence electrons. The van der Waals surface area contributed by atoms with Gasteiger partial charge in [-0.15, -0.1) is 0 Å². The van der Waals surface area contributed by atoms with Crippen molar-refractivity contribution in [3.05, 3.63) is 0 Å². The van der Waals surface area contributed by atoms with Crippen molar-refractivity contribution in [2.75, 3.05) is 33.2 Å². The van der Waals surface area contributed by atoms with Gasteiger partial charge in [0, 0.05) is 19.1 Å². The molecular formula is C10H22N2. The summed E-state index contributed by atoms with van der Waals surface area (Å²) in [7, 11) is 2.20. The fraction of sp³-hybridized carbons (Fsp3) is 1.00. The van der Waals surface area contributed by atoms with Gasteiger partial charge in [-0.05, 0) is 39.9 Å². The standard InChI is InChI=1S/C10H22N2/c1-4-11(3)8-9-12-7-5-6-10(12)2/h10H,4-9H2,1-3H3. The summed E-state index contributed by atoms with van der Waals surface area (Å²) in [6.07, 6.45) is 2.80. The molecule has 1 saturated heterocycles. The average molecular weight is 170 g/mol. The van der Waals surface area contributed by atoms with E-state index in [-0.39, 0.29) is 0 Å². The van der Waals surface area contributed by atoms with Crippen molar-refractivity contribution in [2.24, 2.45) is 0 Å². The zero-order valence-corrected chi connectivity index (χ0v) is 8.71. The van der Waals surface area contributed by atoms with Crippen LogP contribution in [-0.2, 0) is 0 Å². The highest BCUT2D eigenvalue weighted by Crippen LogP contribution is 2.15. The van der Waals surface area contributed by atoms with E-state index in [1.807, 2.05) is 0 Å². The fourth-order valence-electron chi connectivity index (χ4n) is 1.78. The molecule has 0 spiro atoms. The minimum Gasteiger partial charge on any atom is -0.305 e. The van der Waals surface area contributed by atoms with Gasteiger partial charge in [-0.1, -0.05) is 6.92 Å². The second-order valence-electron chi connectivity index (χ2n) is 3.92. The Kier molecular flexibility index (Phi) is 4.02. The molecule has 1 atom stereocenters. The fourth-order valence-corrected chi connectivity index (χ4v) is 1.78. The zero-order chi connectivity index (χ0) is 8.97. The van der Waals surface area contributed by atoms with Gasteiger partial charge >= 0.3 is 0 Å². The van der Waals surface area contributed by atoms with Crippen molar-refractivity contribution >= 4 is 0 Å². The van der Waals surface area contributed by atoms with E-state index in [1.165, 1.54) is 39.0 Å². The molecule has 0 amide bonds. The lowest BCUT2D eigenvalue weighted by atomic mass is 10.2. The van der Waals surface area contributed by atoms with Gasteiger partial charge < -0.3 is 4.90 Å². The third-order valence-electron chi connectivity index (χ3n) is 3.00. The number of hydrogen-bond acceptors (Lipinski definition) is 2. The Labute approximate surface area is 76.5 Å². The molecule has 2 nitrogen and oxygen atoms in total. The highest BCUT2D eigenvalue weighted by Gasteiger charge is 2.19. The largest absolute Gasteiger partial charge is 0.305 e. The van der Waals surface area contributed by atoms with E-state index in [0.29, 0.717) is 0 Å². The maximum absolute atomic E-state index is 2.60. The van der Waals surface area contributed by atoms with Crippen LogP contribution >= 0.6 is 0 Å². The van der Waals surface area contributed by atoms with Gasteiger partial charge in [0.2, 0.25) is 0 Å². The maximum atomic E-state index is 2.60. The number of rotatable bonds is 4. The monoisotopic (exact) mass is 170 g/mol. The number of nitrogens with zero attached hydrogens (tertiary/aromatic N) is 2. The smallest absolute Gasteiger partial charge is 0.0112 e. The van der Waals surface area contributed by atoms with Gasteiger partial charge in [0.05, 0.1) is 0 Å². The molecule has 12 heavy (non-hydrogen) atoms. The second kappa shape index (κ2) is 4.83. The van der Waals surface area contributed by atoms with Crippen LogP contribution in [0.15, 0.2) is 0 Å². The van der Waals surface area contributed by atoms with E-state index < -0.39 is 0 Å². The van der Waals surface area contributed by atoms with Crippen molar-refractivity contribution in [3.8, 4) is 0 Å². The summed E-state index contributed by atoms with van der Waals surface area (Å²) in [5.74, 6) is 0. The van der Waals surface area contributed by atoms with E-state index in [9.17, 15) is 0 Å². The van der Waals surface area contributed by atoms with Crippen LogP contribution < -0.4 is 0 Å². The van der Waals surface area contributed by atoms with Crippen LogP contribution in [0.4, 0.5) is 0 Å². The third kappa shape index (κ3) is 2.76. The molecule has 0 radical (unpaired) electrons. The Hall–Kier alpha value is -0.0800. The van der Waals surface area contributed by atoms with Crippen LogP contribution in [0, 0.1) is 0 Å². The first kappa shape index (κ1) is 10.0. The molecule has 0 aromatic rings. The molecular weight excluding hydrogens is 148 g/mol. The van der Waals surface area contributed by atoms with E-state index >= 15 is 0 Å². The van der Waals surface area contributed by atoms with Gasteiger partial charge in [0.1, 0.15) is 0 Å². The maximum Gasteiger partial charge on any atom is 0.0112 e. The van der Waals surface area contributed by atoms with E-state index in [4.69, 9.17) is 0 Å². The molecule has 0 aromatic heterocycles. The van der Waals surface area contributed by atoms with Crippen LogP contribution in [0.5, 0.6) is 0 Å². The minimum absolute atomic E-state index is 0.829. The van der Waals surface area contributed by atoms with E-state index in [0.717, 1.165) is 6.04 Å². The molecule has 0 N–H and O–H groups in total. The Morgan fingerprint density at radius 2 is 2.25 bits per heavy atom. The first-order chi connectivity index (χ1) is 5.74. The molecule has 2 heteroatoms. The van der Waals surface area contributed by atoms with Crippen molar-refractivity contribution in [2.45, 2.75) is 32.7 Å². The lowest BCUT2D eigenvalue weighted by molar-refractivity contribution is 0.225. The summed E-state index contributed by atoms with van der Waals surface area (Å²) < 4.78 is 0. The minimum atomic E-state index is 0.829. The second-order valence-corrected chi connectivity index (χ2v) is 3.92. The Bertz CT molecular complexity index is 125. The SMILES string of the molecule is CCN(C)CCN1CCCC1C. The summed E-state index contributed by atoms with van der Waals surface area (Å²) in [5, 5.41) is 0. The van der Waals surface area contributed by atoms with E-state index in [1.54, 1.807) is 0 Å². The Morgan fingerprint density at radius 1 is 1.50 bits per heavy atom. The molecule has 1 fully saturated rings. The molecule has 0 aromatic carbocycles. The average Bonchev–Trinajstić information content (AvgIpc) is 2.47. The Morgan fingerprint density at radius 3 is 2.75 bits per heavy atom. The molecule has 0 saturated carbocycles. The van der Waals surface area contributed by atoms with Crippen LogP contribution in [0.1, 0.15) is 26.7 Å². The molecule has 1 unspecified atom stereocenters.